The maximum Gasteiger partial charge on any atom is 0.220 e. The molecule has 5 unspecified atom stereocenters. The summed E-state index contributed by atoms with van der Waals surface area (Å²) in [6.07, 6.45) is -1.88. The highest BCUT2D eigenvalue weighted by molar-refractivity contribution is 5.76. The van der Waals surface area contributed by atoms with Crippen LogP contribution >= 0.6 is 0 Å². The Morgan fingerprint density at radius 3 is 2.40 bits per heavy atom. The zero-order valence-corrected chi connectivity index (χ0v) is 12.8. The van der Waals surface area contributed by atoms with Crippen LogP contribution in [-0.4, -0.2) is 70.1 Å². The van der Waals surface area contributed by atoms with Gasteiger partial charge in [0, 0.05) is 13.0 Å². The number of aliphatic hydroxyl groups excluding tert-OH is 3. The minimum Gasteiger partial charge on any atom is -0.391 e. The molecule has 0 radical (unpaired) electrons. The molecule has 1 heterocycles. The van der Waals surface area contributed by atoms with Crippen molar-refractivity contribution in [3.05, 3.63) is 0 Å². The summed E-state index contributed by atoms with van der Waals surface area (Å²) in [6, 6.07) is -1.05. The minimum absolute atomic E-state index is 0.140. The van der Waals surface area contributed by atoms with Crippen LogP contribution in [0.2, 0.25) is 0 Å². The van der Waals surface area contributed by atoms with Gasteiger partial charge in [-0.1, -0.05) is 13.8 Å². The van der Waals surface area contributed by atoms with Gasteiger partial charge in [0.25, 0.3) is 0 Å². The molecule has 6 nitrogen and oxygen atoms in total. The molecule has 1 amide bonds. The fourth-order valence-electron chi connectivity index (χ4n) is 2.70. The molecule has 1 fully saturated rings. The van der Waals surface area contributed by atoms with E-state index >= 15 is 0 Å². The van der Waals surface area contributed by atoms with Gasteiger partial charge in [0.05, 0.1) is 24.3 Å². The molecule has 118 valence electrons. The molecule has 1 saturated heterocycles. The molecule has 0 aliphatic carbocycles. The maximum atomic E-state index is 11.7. The lowest BCUT2D eigenvalue weighted by Crippen LogP contribution is -2.55. The lowest BCUT2D eigenvalue weighted by Gasteiger charge is -2.33. The number of carbonyl (C=O) groups excluding carboxylic acids is 1. The van der Waals surface area contributed by atoms with E-state index < -0.39 is 30.4 Å². The zero-order valence-electron chi connectivity index (χ0n) is 12.8. The van der Waals surface area contributed by atoms with Crippen molar-refractivity contribution in [1.29, 1.82) is 0 Å². The molecule has 1 aliphatic rings. The molecule has 0 bridgehead atoms. The van der Waals surface area contributed by atoms with E-state index in [1.807, 2.05) is 18.7 Å². The predicted molar refractivity (Wildman–Crippen MR) is 76.1 cm³/mol. The molecule has 0 saturated carbocycles. The molecule has 1 aliphatic heterocycles. The van der Waals surface area contributed by atoms with Crippen LogP contribution in [0.3, 0.4) is 0 Å². The normalized spacial score (nSPS) is 28.4. The lowest BCUT2D eigenvalue weighted by atomic mass is 9.96. The number of aliphatic hydroxyl groups is 3. The summed E-state index contributed by atoms with van der Waals surface area (Å²) in [6.45, 7) is 6.23. The molecule has 0 aromatic heterocycles. The van der Waals surface area contributed by atoms with Crippen LogP contribution in [0.25, 0.3) is 0 Å². The van der Waals surface area contributed by atoms with Crippen LogP contribution in [-0.2, 0) is 4.79 Å². The van der Waals surface area contributed by atoms with Gasteiger partial charge in [-0.25, -0.2) is 0 Å². The maximum absolute atomic E-state index is 11.7. The van der Waals surface area contributed by atoms with Crippen molar-refractivity contribution in [3.8, 4) is 0 Å². The summed E-state index contributed by atoms with van der Waals surface area (Å²) in [7, 11) is 1.80. The first-order chi connectivity index (χ1) is 9.23. The Labute approximate surface area is 120 Å². The van der Waals surface area contributed by atoms with Crippen LogP contribution in [0.1, 0.15) is 33.6 Å². The van der Waals surface area contributed by atoms with Crippen molar-refractivity contribution in [3.63, 3.8) is 0 Å². The fourth-order valence-corrected chi connectivity index (χ4v) is 2.70. The number of likely N-dealkylation sites (N-methyl/N-ethyl adjacent to an activating group) is 1. The number of carbonyl (C=O) groups is 1. The summed E-state index contributed by atoms with van der Waals surface area (Å²) >= 11 is 0. The molecular weight excluding hydrogens is 260 g/mol. The van der Waals surface area contributed by atoms with Crippen molar-refractivity contribution >= 4 is 5.91 Å². The first-order valence-corrected chi connectivity index (χ1v) is 7.27. The monoisotopic (exact) mass is 288 g/mol. The van der Waals surface area contributed by atoms with Crippen LogP contribution in [0.4, 0.5) is 0 Å². The number of nitrogens with zero attached hydrogens (tertiary/aromatic N) is 1. The van der Waals surface area contributed by atoms with Crippen molar-refractivity contribution in [2.45, 2.75) is 64.0 Å². The van der Waals surface area contributed by atoms with Gasteiger partial charge >= 0.3 is 0 Å². The van der Waals surface area contributed by atoms with Crippen LogP contribution < -0.4 is 5.32 Å². The van der Waals surface area contributed by atoms with Gasteiger partial charge in [-0.15, -0.1) is 0 Å². The van der Waals surface area contributed by atoms with Crippen LogP contribution in [0.15, 0.2) is 0 Å². The van der Waals surface area contributed by atoms with Crippen molar-refractivity contribution in [2.75, 3.05) is 13.6 Å². The highest BCUT2D eigenvalue weighted by atomic mass is 16.3. The summed E-state index contributed by atoms with van der Waals surface area (Å²) in [4.78, 5) is 13.5. The van der Waals surface area contributed by atoms with E-state index in [0.717, 1.165) is 0 Å². The molecule has 0 aromatic rings. The van der Waals surface area contributed by atoms with Gasteiger partial charge in [-0.2, -0.15) is 0 Å². The first kappa shape index (κ1) is 17.4. The Bertz CT molecular complexity index is 314. The second-order valence-corrected chi connectivity index (χ2v) is 6.26. The Morgan fingerprint density at radius 2 is 1.95 bits per heavy atom. The van der Waals surface area contributed by atoms with Gasteiger partial charge in [-0.05, 0) is 26.3 Å². The average molecular weight is 288 g/mol. The highest BCUT2D eigenvalue weighted by Crippen LogP contribution is 2.21. The molecule has 6 heteroatoms. The largest absolute Gasteiger partial charge is 0.391 e. The minimum atomic E-state index is -1.11. The van der Waals surface area contributed by atoms with E-state index in [0.29, 0.717) is 19.4 Å². The third kappa shape index (κ3) is 4.41. The molecule has 5 atom stereocenters. The van der Waals surface area contributed by atoms with E-state index in [1.54, 1.807) is 14.0 Å². The van der Waals surface area contributed by atoms with Crippen molar-refractivity contribution in [1.82, 2.24) is 10.2 Å². The number of rotatable bonds is 6. The quantitative estimate of drug-likeness (QED) is 0.520. The predicted octanol–water partition coefficient (Wildman–Crippen LogP) is -0.676. The Hall–Kier alpha value is -0.690. The molecule has 4 N–H and O–H groups in total. The van der Waals surface area contributed by atoms with Crippen molar-refractivity contribution < 1.29 is 20.1 Å². The highest BCUT2D eigenvalue weighted by Gasteiger charge is 2.40. The van der Waals surface area contributed by atoms with Gasteiger partial charge < -0.3 is 20.6 Å². The molecule has 0 spiro atoms. The molecule has 0 aromatic carbocycles. The summed E-state index contributed by atoms with van der Waals surface area (Å²) in [5, 5.41) is 32.9. The molecular formula is C14H28N2O4. The van der Waals surface area contributed by atoms with E-state index in [-0.39, 0.29) is 11.8 Å². The lowest BCUT2D eigenvalue weighted by molar-refractivity contribution is -0.124. The Morgan fingerprint density at radius 1 is 1.35 bits per heavy atom. The van der Waals surface area contributed by atoms with E-state index in [2.05, 4.69) is 5.32 Å². The van der Waals surface area contributed by atoms with Gasteiger partial charge in [0.1, 0.15) is 6.10 Å². The Balaban J connectivity index is 2.55. The van der Waals surface area contributed by atoms with Gasteiger partial charge in [0.15, 0.2) is 0 Å². The van der Waals surface area contributed by atoms with E-state index in [4.69, 9.17) is 0 Å². The van der Waals surface area contributed by atoms with Crippen molar-refractivity contribution in [2.24, 2.45) is 5.92 Å². The number of amides is 1. The summed E-state index contributed by atoms with van der Waals surface area (Å²) in [5.41, 5.74) is 0. The number of nitrogens with one attached hydrogen (secondary N) is 1. The van der Waals surface area contributed by atoms with Crippen LogP contribution in [0, 0.1) is 5.92 Å². The second-order valence-electron chi connectivity index (χ2n) is 6.26. The fraction of sp³-hybridized carbons (Fsp3) is 0.929. The molecule has 1 rings (SSSR count). The SMILES string of the molecule is CC(C)CC(=O)NC(C)C(O)C(O)C1C(O)CCN1C. The number of likely N-dealkylation sites (tertiary alicyclic amines) is 1. The number of hydrogen-bond acceptors (Lipinski definition) is 5. The standard InChI is InChI=1S/C14H28N2O4/c1-8(2)7-11(18)15-9(3)13(19)14(20)12-10(17)5-6-16(12)4/h8-10,12-14,17,19-20H,5-7H2,1-4H3,(H,15,18). The van der Waals surface area contributed by atoms with Crippen LogP contribution in [0.5, 0.6) is 0 Å². The average Bonchev–Trinajstić information content (AvgIpc) is 2.66. The third-order valence-corrected chi connectivity index (χ3v) is 3.88. The third-order valence-electron chi connectivity index (χ3n) is 3.88. The topological polar surface area (TPSA) is 93.0 Å². The van der Waals surface area contributed by atoms with E-state index in [9.17, 15) is 20.1 Å². The van der Waals surface area contributed by atoms with E-state index in [1.165, 1.54) is 0 Å². The number of hydrogen-bond donors (Lipinski definition) is 4. The smallest absolute Gasteiger partial charge is 0.220 e. The van der Waals surface area contributed by atoms with Gasteiger partial charge in [-0.3, -0.25) is 9.69 Å². The summed E-state index contributed by atoms with van der Waals surface area (Å²) in [5.74, 6) is 0.103. The summed E-state index contributed by atoms with van der Waals surface area (Å²) < 4.78 is 0. The first-order valence-electron chi connectivity index (χ1n) is 7.27. The Kier molecular flexibility index (Phi) is 6.39. The molecule has 20 heavy (non-hydrogen) atoms. The van der Waals surface area contributed by atoms with Gasteiger partial charge in [0.2, 0.25) is 5.91 Å². The zero-order chi connectivity index (χ0) is 15.4. The second kappa shape index (κ2) is 7.36.